The van der Waals surface area contributed by atoms with Gasteiger partial charge in [-0.1, -0.05) is 47.0 Å². The maximum Gasteiger partial charge on any atom is 0.283 e. The molecule has 24 heavy (non-hydrogen) atoms. The lowest BCUT2D eigenvalue weighted by Crippen LogP contribution is -2.32. The van der Waals surface area contributed by atoms with Crippen molar-refractivity contribution in [2.24, 2.45) is 0 Å². The largest absolute Gasteiger partial charge is 0.349 e. The van der Waals surface area contributed by atoms with Crippen LogP contribution < -0.4 is 10.2 Å². The van der Waals surface area contributed by atoms with Gasteiger partial charge in [0.1, 0.15) is 10.7 Å². The normalized spacial score (nSPS) is 14.6. The van der Waals surface area contributed by atoms with Gasteiger partial charge < -0.3 is 5.32 Å². The van der Waals surface area contributed by atoms with Crippen molar-refractivity contribution in [1.82, 2.24) is 0 Å². The fourth-order valence-corrected chi connectivity index (χ4v) is 2.79. The molecule has 0 aliphatic carbocycles. The Morgan fingerprint density at radius 2 is 1.58 bits per heavy atom. The lowest BCUT2D eigenvalue weighted by Gasteiger charge is -2.15. The molecule has 122 valence electrons. The third-order valence-electron chi connectivity index (χ3n) is 3.78. The number of hydrogen-bond donors (Lipinski definition) is 1. The van der Waals surface area contributed by atoms with E-state index in [1.54, 1.807) is 24.3 Å². The quantitative estimate of drug-likeness (QED) is 0.825. The van der Waals surface area contributed by atoms with Crippen molar-refractivity contribution in [3.8, 4) is 0 Å². The molecule has 0 atom stereocenters. The maximum atomic E-state index is 12.7. The highest BCUT2D eigenvalue weighted by molar-refractivity contribution is 6.53. The molecule has 0 bridgehead atoms. The molecule has 0 aromatic heterocycles. The number of rotatable bonds is 3. The molecule has 0 saturated carbocycles. The summed E-state index contributed by atoms with van der Waals surface area (Å²) >= 11 is 12.1. The highest BCUT2D eigenvalue weighted by Crippen LogP contribution is 2.31. The highest BCUT2D eigenvalue weighted by atomic mass is 35.5. The van der Waals surface area contributed by atoms with Crippen molar-refractivity contribution >= 4 is 46.4 Å². The first kappa shape index (κ1) is 16.6. The second-order valence-electron chi connectivity index (χ2n) is 5.55. The molecule has 2 aromatic carbocycles. The molecule has 0 spiro atoms. The number of nitrogens with zero attached hydrogens (tertiary/aromatic N) is 1. The molecule has 0 radical (unpaired) electrons. The van der Waals surface area contributed by atoms with E-state index in [0.717, 1.165) is 16.0 Å². The van der Waals surface area contributed by atoms with Gasteiger partial charge in [-0.25, -0.2) is 4.90 Å². The minimum absolute atomic E-state index is 0.0487. The molecule has 1 N–H and O–H groups in total. The average Bonchev–Trinajstić information content (AvgIpc) is 2.76. The van der Waals surface area contributed by atoms with Crippen LogP contribution in [0.3, 0.4) is 0 Å². The Balaban J connectivity index is 1.94. The number of amides is 2. The van der Waals surface area contributed by atoms with E-state index >= 15 is 0 Å². The zero-order valence-electron chi connectivity index (χ0n) is 13.1. The molecule has 2 amide bonds. The van der Waals surface area contributed by atoms with Crippen LogP contribution in [-0.4, -0.2) is 11.8 Å². The van der Waals surface area contributed by atoms with Gasteiger partial charge in [-0.05, 0) is 43.7 Å². The van der Waals surface area contributed by atoms with Gasteiger partial charge in [0.05, 0.1) is 5.69 Å². The molecular formula is C18H14Cl2N2O2. The first-order valence-electron chi connectivity index (χ1n) is 7.27. The van der Waals surface area contributed by atoms with E-state index in [4.69, 9.17) is 23.2 Å². The molecule has 0 saturated heterocycles. The Morgan fingerprint density at radius 3 is 2.25 bits per heavy atom. The highest BCUT2D eigenvalue weighted by Gasteiger charge is 2.39. The minimum atomic E-state index is -0.548. The first-order valence-corrected chi connectivity index (χ1v) is 8.02. The lowest BCUT2D eigenvalue weighted by molar-refractivity contribution is -0.120. The van der Waals surface area contributed by atoms with Crippen molar-refractivity contribution in [2.75, 3.05) is 10.2 Å². The third kappa shape index (κ3) is 2.90. The molecule has 0 fully saturated rings. The summed E-state index contributed by atoms with van der Waals surface area (Å²) < 4.78 is 0. The van der Waals surface area contributed by atoms with Crippen LogP contribution in [0.1, 0.15) is 11.1 Å². The summed E-state index contributed by atoms with van der Waals surface area (Å²) in [7, 11) is 0. The molecule has 1 aliphatic rings. The number of aryl methyl sites for hydroxylation is 2. The Kier molecular flexibility index (Phi) is 4.35. The van der Waals surface area contributed by atoms with E-state index in [9.17, 15) is 9.59 Å². The summed E-state index contributed by atoms with van der Waals surface area (Å²) in [5.74, 6) is -1.04. The van der Waals surface area contributed by atoms with E-state index < -0.39 is 11.8 Å². The van der Waals surface area contributed by atoms with Crippen LogP contribution >= 0.6 is 23.2 Å². The molecule has 0 unspecified atom stereocenters. The van der Waals surface area contributed by atoms with E-state index in [-0.39, 0.29) is 10.7 Å². The van der Waals surface area contributed by atoms with E-state index in [0.29, 0.717) is 16.4 Å². The minimum Gasteiger partial charge on any atom is -0.349 e. The molecule has 2 aromatic rings. The monoisotopic (exact) mass is 360 g/mol. The van der Waals surface area contributed by atoms with E-state index in [2.05, 4.69) is 5.32 Å². The summed E-state index contributed by atoms with van der Waals surface area (Å²) in [6.07, 6.45) is 0. The number of anilines is 2. The summed E-state index contributed by atoms with van der Waals surface area (Å²) in [4.78, 5) is 26.1. The van der Waals surface area contributed by atoms with Gasteiger partial charge in [-0.2, -0.15) is 0 Å². The number of hydrogen-bond acceptors (Lipinski definition) is 3. The van der Waals surface area contributed by atoms with Crippen molar-refractivity contribution in [3.05, 3.63) is 69.3 Å². The zero-order chi connectivity index (χ0) is 17.4. The molecule has 4 nitrogen and oxygen atoms in total. The van der Waals surface area contributed by atoms with Gasteiger partial charge in [0.25, 0.3) is 11.8 Å². The number of carbonyl (C=O) groups excluding carboxylic acids is 2. The van der Waals surface area contributed by atoms with Crippen LogP contribution in [0.2, 0.25) is 5.02 Å². The summed E-state index contributed by atoms with van der Waals surface area (Å²) in [5.41, 5.74) is 3.07. The van der Waals surface area contributed by atoms with Crippen molar-refractivity contribution in [1.29, 1.82) is 0 Å². The second-order valence-corrected chi connectivity index (χ2v) is 6.37. The maximum absolute atomic E-state index is 12.7. The van der Waals surface area contributed by atoms with Gasteiger partial charge in [0.15, 0.2) is 0 Å². The fourth-order valence-electron chi connectivity index (χ4n) is 2.40. The van der Waals surface area contributed by atoms with Gasteiger partial charge in [-0.3, -0.25) is 9.59 Å². The number of nitrogens with one attached hydrogen (secondary N) is 1. The van der Waals surface area contributed by atoms with Gasteiger partial charge in [0, 0.05) is 10.7 Å². The Morgan fingerprint density at radius 1 is 0.917 bits per heavy atom. The Bertz CT molecular complexity index is 873. The predicted molar refractivity (Wildman–Crippen MR) is 96.4 cm³/mol. The van der Waals surface area contributed by atoms with E-state index in [1.165, 1.54) is 0 Å². The first-order chi connectivity index (χ1) is 11.4. The van der Waals surface area contributed by atoms with Crippen molar-refractivity contribution < 1.29 is 9.59 Å². The van der Waals surface area contributed by atoms with Crippen LogP contribution in [0.5, 0.6) is 0 Å². The van der Waals surface area contributed by atoms with E-state index in [1.807, 2.05) is 32.0 Å². The molecule has 3 rings (SSSR count). The van der Waals surface area contributed by atoms with Crippen LogP contribution in [0, 0.1) is 13.8 Å². The second kappa shape index (κ2) is 6.30. The standard InChI is InChI=1S/C18H14Cl2N2O2/c1-10-3-7-13(8-4-10)22-17(23)15(20)16(18(22)24)21-14-9-12(19)6-5-11(14)2/h3-9,21H,1-2H3. The SMILES string of the molecule is Cc1ccc(N2C(=O)C(Cl)=C(Nc3cc(Cl)ccc3C)C2=O)cc1. The number of benzene rings is 2. The molecular weight excluding hydrogens is 347 g/mol. The number of imide groups is 1. The topological polar surface area (TPSA) is 49.4 Å². The lowest BCUT2D eigenvalue weighted by atomic mass is 10.2. The van der Waals surface area contributed by atoms with Gasteiger partial charge >= 0.3 is 0 Å². The fraction of sp³-hybridized carbons (Fsp3) is 0.111. The van der Waals surface area contributed by atoms with Crippen LogP contribution in [0.25, 0.3) is 0 Å². The summed E-state index contributed by atoms with van der Waals surface area (Å²) in [6, 6.07) is 12.3. The molecule has 6 heteroatoms. The predicted octanol–water partition coefficient (Wildman–Crippen LogP) is 4.39. The molecule has 1 heterocycles. The summed E-state index contributed by atoms with van der Waals surface area (Å²) in [6.45, 7) is 3.80. The Hall–Kier alpha value is -2.30. The van der Waals surface area contributed by atoms with Crippen molar-refractivity contribution in [3.63, 3.8) is 0 Å². The third-order valence-corrected chi connectivity index (χ3v) is 4.36. The van der Waals surface area contributed by atoms with Crippen LogP contribution in [-0.2, 0) is 9.59 Å². The van der Waals surface area contributed by atoms with Gasteiger partial charge in [-0.15, -0.1) is 0 Å². The summed E-state index contributed by atoms with van der Waals surface area (Å²) in [5, 5.41) is 3.32. The van der Waals surface area contributed by atoms with Crippen LogP contribution in [0.15, 0.2) is 53.2 Å². The van der Waals surface area contributed by atoms with Crippen molar-refractivity contribution in [2.45, 2.75) is 13.8 Å². The smallest absolute Gasteiger partial charge is 0.283 e. The average molecular weight is 361 g/mol. The number of carbonyl (C=O) groups is 2. The molecule has 1 aliphatic heterocycles. The van der Waals surface area contributed by atoms with Crippen LogP contribution in [0.4, 0.5) is 11.4 Å². The number of halogens is 2. The van der Waals surface area contributed by atoms with Gasteiger partial charge in [0.2, 0.25) is 0 Å². The zero-order valence-corrected chi connectivity index (χ0v) is 14.6. The Labute approximate surface area is 149 Å².